The van der Waals surface area contributed by atoms with Crippen LogP contribution in [0.2, 0.25) is 0 Å². The fourth-order valence-corrected chi connectivity index (χ4v) is 1.36. The van der Waals surface area contributed by atoms with E-state index in [1.807, 2.05) is 26.0 Å². The Balaban J connectivity index is 2.58. The minimum Gasteiger partial charge on any atom is -0.469 e. The summed E-state index contributed by atoms with van der Waals surface area (Å²) in [5, 5.41) is 0. The first-order chi connectivity index (χ1) is 6.15. The summed E-state index contributed by atoms with van der Waals surface area (Å²) in [5.41, 5.74) is 2.36. The van der Waals surface area contributed by atoms with E-state index < -0.39 is 0 Å². The van der Waals surface area contributed by atoms with Gasteiger partial charge in [-0.05, 0) is 26.0 Å². The molecule has 1 rings (SSSR count). The Hall–Kier alpha value is -1.25. The molecule has 0 aliphatic heterocycles. The third-order valence-electron chi connectivity index (χ3n) is 2.18. The Bertz CT molecular complexity index is 282. The predicted octanol–water partition coefficient (Wildman–Crippen LogP) is 1.67. The molecule has 3 nitrogen and oxygen atoms in total. The molecule has 13 heavy (non-hydrogen) atoms. The molecule has 0 radical (unpaired) electrons. The van der Waals surface area contributed by atoms with Crippen LogP contribution in [0.1, 0.15) is 17.8 Å². The number of carbonyl (C=O) groups excluding carboxylic acids is 1. The van der Waals surface area contributed by atoms with Crippen LogP contribution < -0.4 is 0 Å². The van der Waals surface area contributed by atoms with Crippen molar-refractivity contribution in [1.29, 1.82) is 0 Å². The molecule has 1 heterocycles. The number of aromatic nitrogens is 1. The van der Waals surface area contributed by atoms with Gasteiger partial charge in [-0.2, -0.15) is 0 Å². The quantitative estimate of drug-likeness (QED) is 0.664. The van der Waals surface area contributed by atoms with E-state index in [-0.39, 0.29) is 5.97 Å². The summed E-state index contributed by atoms with van der Waals surface area (Å²) in [6.07, 6.45) is 0.437. The fourth-order valence-electron chi connectivity index (χ4n) is 1.36. The minimum atomic E-state index is -0.160. The second kappa shape index (κ2) is 4.12. The molecule has 0 amide bonds. The molecule has 0 atom stereocenters. The van der Waals surface area contributed by atoms with Crippen molar-refractivity contribution in [2.24, 2.45) is 0 Å². The largest absolute Gasteiger partial charge is 0.469 e. The molecule has 0 unspecified atom stereocenters. The topological polar surface area (TPSA) is 31.2 Å². The predicted molar refractivity (Wildman–Crippen MR) is 50.5 cm³/mol. The Labute approximate surface area is 78.3 Å². The molecule has 1 aromatic rings. The van der Waals surface area contributed by atoms with Gasteiger partial charge in [0.05, 0.1) is 13.5 Å². The molecule has 0 aromatic carbocycles. The van der Waals surface area contributed by atoms with Crippen molar-refractivity contribution in [3.05, 3.63) is 23.5 Å². The molecular weight excluding hydrogens is 166 g/mol. The summed E-state index contributed by atoms with van der Waals surface area (Å²) in [5.74, 6) is -0.160. The molecule has 0 saturated carbocycles. The van der Waals surface area contributed by atoms with Crippen molar-refractivity contribution < 1.29 is 9.53 Å². The number of methoxy groups -OCH3 is 1. The third kappa shape index (κ3) is 2.34. The summed E-state index contributed by atoms with van der Waals surface area (Å²) in [4.78, 5) is 10.9. The average molecular weight is 181 g/mol. The lowest BCUT2D eigenvalue weighted by Crippen LogP contribution is -2.08. The van der Waals surface area contributed by atoms with Crippen LogP contribution >= 0.6 is 0 Å². The molecule has 1 aromatic heterocycles. The lowest BCUT2D eigenvalue weighted by Gasteiger charge is -2.07. The number of esters is 1. The Morgan fingerprint density at radius 3 is 2.38 bits per heavy atom. The monoisotopic (exact) mass is 181 g/mol. The molecule has 0 saturated heterocycles. The van der Waals surface area contributed by atoms with Crippen molar-refractivity contribution in [3.8, 4) is 0 Å². The van der Waals surface area contributed by atoms with Gasteiger partial charge in [-0.1, -0.05) is 0 Å². The van der Waals surface area contributed by atoms with Crippen LogP contribution in [0.15, 0.2) is 12.1 Å². The van der Waals surface area contributed by atoms with E-state index in [1.165, 1.54) is 18.5 Å². The van der Waals surface area contributed by atoms with E-state index in [2.05, 4.69) is 9.30 Å². The van der Waals surface area contributed by atoms with Crippen molar-refractivity contribution in [2.75, 3.05) is 7.11 Å². The first-order valence-corrected chi connectivity index (χ1v) is 4.34. The van der Waals surface area contributed by atoms with Crippen LogP contribution in [0, 0.1) is 13.8 Å². The number of hydrogen-bond donors (Lipinski definition) is 0. The molecule has 72 valence electrons. The second-order valence-corrected chi connectivity index (χ2v) is 3.09. The van der Waals surface area contributed by atoms with Gasteiger partial charge >= 0.3 is 5.97 Å². The minimum absolute atomic E-state index is 0.160. The van der Waals surface area contributed by atoms with Gasteiger partial charge in [-0.3, -0.25) is 4.79 Å². The normalized spacial score (nSPS) is 10.1. The number of rotatable bonds is 3. The van der Waals surface area contributed by atoms with Gasteiger partial charge in [0.2, 0.25) is 0 Å². The molecule has 0 fully saturated rings. The number of carbonyl (C=O) groups is 1. The highest BCUT2D eigenvalue weighted by atomic mass is 16.5. The van der Waals surface area contributed by atoms with Crippen LogP contribution in [0.3, 0.4) is 0 Å². The van der Waals surface area contributed by atoms with E-state index in [0.717, 1.165) is 0 Å². The van der Waals surface area contributed by atoms with Gasteiger partial charge in [0.1, 0.15) is 0 Å². The van der Waals surface area contributed by atoms with Crippen molar-refractivity contribution in [2.45, 2.75) is 26.8 Å². The average Bonchev–Trinajstić information content (AvgIpc) is 2.43. The third-order valence-corrected chi connectivity index (χ3v) is 2.18. The maximum atomic E-state index is 10.9. The van der Waals surface area contributed by atoms with Gasteiger partial charge in [0, 0.05) is 17.9 Å². The molecule has 0 bridgehead atoms. The maximum Gasteiger partial charge on any atom is 0.307 e. The van der Waals surface area contributed by atoms with Crippen molar-refractivity contribution in [1.82, 2.24) is 4.57 Å². The molecule has 0 aliphatic carbocycles. The number of hydrogen-bond acceptors (Lipinski definition) is 2. The van der Waals surface area contributed by atoms with Gasteiger partial charge in [0.25, 0.3) is 0 Å². The number of nitrogens with zero attached hydrogens (tertiary/aromatic N) is 1. The molecule has 0 spiro atoms. The standard InChI is InChI=1S/C10H15NO2/c1-8-4-5-9(2)11(8)7-6-10(12)13-3/h4-5H,6-7H2,1-3H3. The van der Waals surface area contributed by atoms with E-state index in [4.69, 9.17) is 0 Å². The molecule has 0 aliphatic rings. The van der Waals surface area contributed by atoms with Gasteiger partial charge in [-0.25, -0.2) is 0 Å². The maximum absolute atomic E-state index is 10.9. The van der Waals surface area contributed by atoms with E-state index in [0.29, 0.717) is 13.0 Å². The van der Waals surface area contributed by atoms with Crippen LogP contribution in [0.25, 0.3) is 0 Å². The Morgan fingerprint density at radius 2 is 1.92 bits per heavy atom. The zero-order valence-electron chi connectivity index (χ0n) is 8.33. The van der Waals surface area contributed by atoms with Crippen LogP contribution in [-0.2, 0) is 16.1 Å². The van der Waals surface area contributed by atoms with E-state index in [9.17, 15) is 4.79 Å². The highest BCUT2D eigenvalue weighted by Gasteiger charge is 2.04. The van der Waals surface area contributed by atoms with Crippen LogP contribution in [0.5, 0.6) is 0 Å². The summed E-state index contributed by atoms with van der Waals surface area (Å²) < 4.78 is 6.68. The SMILES string of the molecule is COC(=O)CCn1c(C)ccc1C. The summed E-state index contributed by atoms with van der Waals surface area (Å²) in [6, 6.07) is 4.10. The summed E-state index contributed by atoms with van der Waals surface area (Å²) in [7, 11) is 1.41. The lowest BCUT2D eigenvalue weighted by molar-refractivity contribution is -0.140. The van der Waals surface area contributed by atoms with E-state index in [1.54, 1.807) is 0 Å². The summed E-state index contributed by atoms with van der Waals surface area (Å²) >= 11 is 0. The number of ether oxygens (including phenoxy) is 1. The van der Waals surface area contributed by atoms with E-state index >= 15 is 0 Å². The zero-order valence-corrected chi connectivity index (χ0v) is 8.33. The second-order valence-electron chi connectivity index (χ2n) is 3.09. The first kappa shape index (κ1) is 9.84. The Morgan fingerprint density at radius 1 is 1.38 bits per heavy atom. The Kier molecular flexibility index (Phi) is 3.12. The lowest BCUT2D eigenvalue weighted by atomic mass is 10.4. The number of aryl methyl sites for hydroxylation is 2. The molecule has 3 heteroatoms. The van der Waals surface area contributed by atoms with Gasteiger partial charge < -0.3 is 9.30 Å². The summed E-state index contributed by atoms with van der Waals surface area (Å²) in [6.45, 7) is 4.77. The fraction of sp³-hybridized carbons (Fsp3) is 0.500. The first-order valence-electron chi connectivity index (χ1n) is 4.34. The molecular formula is C10H15NO2. The van der Waals surface area contributed by atoms with Crippen LogP contribution in [0.4, 0.5) is 0 Å². The molecule has 0 N–H and O–H groups in total. The van der Waals surface area contributed by atoms with Crippen LogP contribution in [-0.4, -0.2) is 17.6 Å². The van der Waals surface area contributed by atoms with Crippen molar-refractivity contribution >= 4 is 5.97 Å². The van der Waals surface area contributed by atoms with Gasteiger partial charge in [0.15, 0.2) is 0 Å². The van der Waals surface area contributed by atoms with Crippen molar-refractivity contribution in [3.63, 3.8) is 0 Å². The van der Waals surface area contributed by atoms with Gasteiger partial charge in [-0.15, -0.1) is 0 Å². The highest BCUT2D eigenvalue weighted by Crippen LogP contribution is 2.07. The zero-order chi connectivity index (χ0) is 9.84. The smallest absolute Gasteiger partial charge is 0.307 e. The highest BCUT2D eigenvalue weighted by molar-refractivity contribution is 5.69.